The molecule has 1 aromatic rings. The van der Waals surface area contributed by atoms with Crippen molar-refractivity contribution in [2.45, 2.75) is 32.6 Å². The Morgan fingerprint density at radius 3 is 3.15 bits per heavy atom. The van der Waals surface area contributed by atoms with Crippen molar-refractivity contribution in [3.63, 3.8) is 0 Å². The number of aryl methyl sites for hydroxylation is 1. The van der Waals surface area contributed by atoms with Crippen LogP contribution in [0.5, 0.6) is 0 Å². The minimum Gasteiger partial charge on any atom is -0.384 e. The molecule has 1 heterocycles. The molecule has 13 heavy (non-hydrogen) atoms. The highest BCUT2D eigenvalue weighted by molar-refractivity contribution is 5.38. The smallest absolute Gasteiger partial charge is 0.123 e. The van der Waals surface area contributed by atoms with Gasteiger partial charge in [0.05, 0.1) is 0 Å². The summed E-state index contributed by atoms with van der Waals surface area (Å²) in [6, 6.07) is 2.03. The standard InChI is InChI=1S/C11H16N2/c1-2-8-3-4-9-6-11(12)13-7-10(9)5-8/h6-8H,2-5H2,1H3,(H2,12,13). The third-order valence-corrected chi connectivity index (χ3v) is 3.01. The zero-order valence-corrected chi connectivity index (χ0v) is 8.09. The second-order valence-corrected chi connectivity index (χ2v) is 3.89. The fourth-order valence-corrected chi connectivity index (χ4v) is 2.08. The van der Waals surface area contributed by atoms with Gasteiger partial charge >= 0.3 is 0 Å². The molecule has 0 radical (unpaired) electrons. The molecule has 70 valence electrons. The molecule has 1 aromatic heterocycles. The summed E-state index contributed by atoms with van der Waals surface area (Å²) in [5.41, 5.74) is 8.46. The van der Waals surface area contributed by atoms with E-state index in [0.717, 1.165) is 5.92 Å². The van der Waals surface area contributed by atoms with Gasteiger partial charge in [-0.15, -0.1) is 0 Å². The molecule has 1 aliphatic rings. The highest BCUT2D eigenvalue weighted by atomic mass is 14.8. The third kappa shape index (κ3) is 1.67. The number of aromatic nitrogens is 1. The van der Waals surface area contributed by atoms with Crippen LogP contribution in [-0.2, 0) is 12.8 Å². The topological polar surface area (TPSA) is 38.9 Å². The average molecular weight is 176 g/mol. The molecule has 2 heteroatoms. The van der Waals surface area contributed by atoms with Crippen LogP contribution in [0.15, 0.2) is 12.3 Å². The molecule has 0 bridgehead atoms. The Morgan fingerprint density at radius 1 is 1.54 bits per heavy atom. The van der Waals surface area contributed by atoms with E-state index in [-0.39, 0.29) is 0 Å². The van der Waals surface area contributed by atoms with Gasteiger partial charge in [0.1, 0.15) is 5.82 Å². The number of nitrogen functional groups attached to an aromatic ring is 1. The van der Waals surface area contributed by atoms with Gasteiger partial charge in [0, 0.05) is 6.20 Å². The van der Waals surface area contributed by atoms with Crippen LogP contribution in [0.4, 0.5) is 5.82 Å². The lowest BCUT2D eigenvalue weighted by molar-refractivity contribution is 0.444. The molecule has 0 fully saturated rings. The van der Waals surface area contributed by atoms with Crippen LogP contribution in [0.3, 0.4) is 0 Å². The van der Waals surface area contributed by atoms with Crippen LogP contribution in [0.1, 0.15) is 30.9 Å². The van der Waals surface area contributed by atoms with Crippen molar-refractivity contribution in [2.24, 2.45) is 5.92 Å². The van der Waals surface area contributed by atoms with Gasteiger partial charge in [-0.1, -0.05) is 13.3 Å². The van der Waals surface area contributed by atoms with Crippen LogP contribution in [0, 0.1) is 5.92 Å². The van der Waals surface area contributed by atoms with Gasteiger partial charge < -0.3 is 5.73 Å². The van der Waals surface area contributed by atoms with Crippen molar-refractivity contribution < 1.29 is 0 Å². The molecular weight excluding hydrogens is 160 g/mol. The minimum absolute atomic E-state index is 0.661. The molecule has 0 spiro atoms. The van der Waals surface area contributed by atoms with Crippen LogP contribution < -0.4 is 5.73 Å². The van der Waals surface area contributed by atoms with Gasteiger partial charge in [0.15, 0.2) is 0 Å². The number of nitrogens with zero attached hydrogens (tertiary/aromatic N) is 1. The van der Waals surface area contributed by atoms with Gasteiger partial charge in [-0.05, 0) is 42.4 Å². The lowest BCUT2D eigenvalue weighted by Crippen LogP contribution is -2.14. The Kier molecular flexibility index (Phi) is 2.21. The van der Waals surface area contributed by atoms with E-state index in [1.165, 1.54) is 36.8 Å². The van der Waals surface area contributed by atoms with Crippen LogP contribution in [-0.4, -0.2) is 4.98 Å². The average Bonchev–Trinajstić information content (AvgIpc) is 2.17. The third-order valence-electron chi connectivity index (χ3n) is 3.01. The van der Waals surface area contributed by atoms with E-state index in [1.54, 1.807) is 0 Å². The molecule has 1 aliphatic carbocycles. The minimum atomic E-state index is 0.661. The van der Waals surface area contributed by atoms with Crippen molar-refractivity contribution in [2.75, 3.05) is 5.73 Å². The first-order valence-electron chi connectivity index (χ1n) is 5.03. The Bertz CT molecular complexity index is 307. The molecule has 0 saturated heterocycles. The monoisotopic (exact) mass is 176 g/mol. The molecular formula is C11H16N2. The molecule has 0 amide bonds. The maximum Gasteiger partial charge on any atom is 0.123 e. The quantitative estimate of drug-likeness (QED) is 0.712. The van der Waals surface area contributed by atoms with Crippen molar-refractivity contribution >= 4 is 5.82 Å². The maximum absolute atomic E-state index is 5.64. The molecule has 0 aromatic carbocycles. The molecule has 0 aliphatic heterocycles. The van der Waals surface area contributed by atoms with Crippen molar-refractivity contribution in [3.8, 4) is 0 Å². The number of pyridine rings is 1. The number of anilines is 1. The van der Waals surface area contributed by atoms with Crippen LogP contribution in [0.2, 0.25) is 0 Å². The Morgan fingerprint density at radius 2 is 2.38 bits per heavy atom. The summed E-state index contributed by atoms with van der Waals surface area (Å²) >= 11 is 0. The summed E-state index contributed by atoms with van der Waals surface area (Å²) in [4.78, 5) is 4.14. The highest BCUT2D eigenvalue weighted by Gasteiger charge is 2.17. The fraction of sp³-hybridized carbons (Fsp3) is 0.545. The Hall–Kier alpha value is -1.05. The first-order valence-corrected chi connectivity index (χ1v) is 5.03. The van der Waals surface area contributed by atoms with E-state index >= 15 is 0 Å². The second kappa shape index (κ2) is 3.36. The fourth-order valence-electron chi connectivity index (χ4n) is 2.08. The molecule has 0 saturated carbocycles. The molecule has 1 unspecified atom stereocenters. The van der Waals surface area contributed by atoms with E-state index in [0.29, 0.717) is 5.82 Å². The summed E-state index contributed by atoms with van der Waals surface area (Å²) in [7, 11) is 0. The molecule has 2 nitrogen and oxygen atoms in total. The number of nitrogens with two attached hydrogens (primary N) is 1. The van der Waals surface area contributed by atoms with Crippen molar-refractivity contribution in [3.05, 3.63) is 23.4 Å². The summed E-state index contributed by atoms with van der Waals surface area (Å²) in [5, 5.41) is 0. The van der Waals surface area contributed by atoms with Gasteiger partial charge in [-0.25, -0.2) is 4.98 Å². The first kappa shape index (κ1) is 8.54. The van der Waals surface area contributed by atoms with Crippen LogP contribution in [0.25, 0.3) is 0 Å². The van der Waals surface area contributed by atoms with E-state index in [9.17, 15) is 0 Å². The highest BCUT2D eigenvalue weighted by Crippen LogP contribution is 2.27. The first-order chi connectivity index (χ1) is 6.29. The van der Waals surface area contributed by atoms with Crippen LogP contribution >= 0.6 is 0 Å². The zero-order valence-electron chi connectivity index (χ0n) is 8.09. The SMILES string of the molecule is CCC1CCc2cc(N)ncc2C1. The van der Waals surface area contributed by atoms with E-state index < -0.39 is 0 Å². The van der Waals surface area contributed by atoms with Gasteiger partial charge in [0.25, 0.3) is 0 Å². The van der Waals surface area contributed by atoms with Crippen molar-refractivity contribution in [1.82, 2.24) is 4.98 Å². The Labute approximate surface area is 79.2 Å². The molecule has 2 N–H and O–H groups in total. The molecule has 2 rings (SSSR count). The van der Waals surface area contributed by atoms with Crippen molar-refractivity contribution in [1.29, 1.82) is 0 Å². The second-order valence-electron chi connectivity index (χ2n) is 3.89. The van der Waals surface area contributed by atoms with Gasteiger partial charge in [-0.2, -0.15) is 0 Å². The van der Waals surface area contributed by atoms with E-state index in [4.69, 9.17) is 5.73 Å². The predicted molar refractivity (Wildman–Crippen MR) is 54.5 cm³/mol. The normalized spacial score (nSPS) is 21.2. The van der Waals surface area contributed by atoms with Gasteiger partial charge in [0.2, 0.25) is 0 Å². The zero-order chi connectivity index (χ0) is 9.26. The lowest BCUT2D eigenvalue weighted by atomic mass is 9.83. The predicted octanol–water partition coefficient (Wildman–Crippen LogP) is 2.18. The summed E-state index contributed by atoms with van der Waals surface area (Å²) < 4.78 is 0. The van der Waals surface area contributed by atoms with E-state index in [2.05, 4.69) is 11.9 Å². The van der Waals surface area contributed by atoms with E-state index in [1.807, 2.05) is 12.3 Å². The summed E-state index contributed by atoms with van der Waals surface area (Å²) in [6.45, 7) is 2.26. The molecule has 1 atom stereocenters. The number of rotatable bonds is 1. The number of hydrogen-bond acceptors (Lipinski definition) is 2. The summed E-state index contributed by atoms with van der Waals surface area (Å²) in [5.74, 6) is 1.52. The lowest BCUT2D eigenvalue weighted by Gasteiger charge is -2.23. The maximum atomic E-state index is 5.64. The number of hydrogen-bond donors (Lipinski definition) is 1. The summed E-state index contributed by atoms with van der Waals surface area (Å²) in [6.07, 6.45) is 6.92. The largest absolute Gasteiger partial charge is 0.384 e. The Balaban J connectivity index is 2.26. The van der Waals surface area contributed by atoms with Gasteiger partial charge in [-0.3, -0.25) is 0 Å². The number of fused-ring (bicyclic) bond motifs is 1.